The zero-order valence-corrected chi connectivity index (χ0v) is 11.7. The van der Waals surface area contributed by atoms with Crippen LogP contribution in [0.3, 0.4) is 0 Å². The minimum Gasteiger partial charge on any atom is -0.472 e. The summed E-state index contributed by atoms with van der Waals surface area (Å²) in [6, 6.07) is 1.90. The van der Waals surface area contributed by atoms with Crippen LogP contribution in [0.2, 0.25) is 0 Å². The van der Waals surface area contributed by atoms with E-state index in [1.807, 2.05) is 13.0 Å². The molecule has 1 aromatic rings. The standard InChI is InChI=1S/C11H17N3O.HI/c1-3-6-13-11(12-4-2)14-8-10-5-7-15-9-10;/h3,5,7,9H,1,4,6,8H2,2H3,(H2,12,13,14);1H. The quantitative estimate of drug-likeness (QED) is 0.375. The van der Waals surface area contributed by atoms with Crippen molar-refractivity contribution in [2.45, 2.75) is 13.5 Å². The van der Waals surface area contributed by atoms with E-state index in [-0.39, 0.29) is 24.0 Å². The molecule has 0 saturated carbocycles. The maximum absolute atomic E-state index is 4.96. The summed E-state index contributed by atoms with van der Waals surface area (Å²) in [7, 11) is 0. The van der Waals surface area contributed by atoms with E-state index in [0.29, 0.717) is 13.1 Å². The minimum atomic E-state index is 0. The molecule has 1 heterocycles. The van der Waals surface area contributed by atoms with Crippen LogP contribution >= 0.6 is 24.0 Å². The molecule has 0 saturated heterocycles. The molecule has 0 amide bonds. The molecule has 0 aliphatic rings. The Morgan fingerprint density at radius 3 is 2.94 bits per heavy atom. The highest BCUT2D eigenvalue weighted by molar-refractivity contribution is 14.0. The Hall–Kier alpha value is -0.980. The van der Waals surface area contributed by atoms with Gasteiger partial charge in [0.2, 0.25) is 0 Å². The second-order valence-corrected chi connectivity index (χ2v) is 3.00. The maximum Gasteiger partial charge on any atom is 0.191 e. The number of aliphatic imine (C=N–C) groups is 1. The second-order valence-electron chi connectivity index (χ2n) is 3.00. The molecule has 2 N–H and O–H groups in total. The van der Waals surface area contributed by atoms with Gasteiger partial charge in [0, 0.05) is 18.7 Å². The summed E-state index contributed by atoms with van der Waals surface area (Å²) in [6.07, 6.45) is 5.14. The van der Waals surface area contributed by atoms with Gasteiger partial charge in [-0.2, -0.15) is 0 Å². The van der Waals surface area contributed by atoms with Crippen molar-refractivity contribution in [3.8, 4) is 0 Å². The zero-order valence-electron chi connectivity index (χ0n) is 9.40. The molecule has 90 valence electrons. The summed E-state index contributed by atoms with van der Waals surface area (Å²) in [4.78, 5) is 4.38. The van der Waals surface area contributed by atoms with Crippen molar-refractivity contribution in [1.82, 2.24) is 10.6 Å². The Kier molecular flexibility index (Phi) is 8.69. The molecule has 0 spiro atoms. The van der Waals surface area contributed by atoms with Crippen LogP contribution < -0.4 is 10.6 Å². The van der Waals surface area contributed by atoms with Crippen molar-refractivity contribution in [2.75, 3.05) is 13.1 Å². The number of rotatable bonds is 5. The van der Waals surface area contributed by atoms with Crippen LogP contribution in [0.5, 0.6) is 0 Å². The highest BCUT2D eigenvalue weighted by Gasteiger charge is 1.96. The molecule has 0 aliphatic carbocycles. The Bertz CT molecular complexity index is 309. The smallest absolute Gasteiger partial charge is 0.191 e. The Morgan fingerprint density at radius 2 is 2.38 bits per heavy atom. The molecule has 1 rings (SSSR count). The molecule has 0 aromatic carbocycles. The molecule has 0 aliphatic heterocycles. The predicted octanol–water partition coefficient (Wildman–Crippen LogP) is 2.14. The van der Waals surface area contributed by atoms with Gasteiger partial charge in [-0.25, -0.2) is 4.99 Å². The van der Waals surface area contributed by atoms with Crippen molar-refractivity contribution < 1.29 is 4.42 Å². The molecule has 0 fully saturated rings. The number of nitrogens with zero attached hydrogens (tertiary/aromatic N) is 1. The van der Waals surface area contributed by atoms with Crippen molar-refractivity contribution in [3.05, 3.63) is 36.8 Å². The SMILES string of the molecule is C=CCNC(=NCc1ccoc1)NCC.I. The number of hydrogen-bond donors (Lipinski definition) is 2. The lowest BCUT2D eigenvalue weighted by molar-refractivity contribution is 0.564. The van der Waals surface area contributed by atoms with Crippen molar-refractivity contribution in [1.29, 1.82) is 0 Å². The van der Waals surface area contributed by atoms with E-state index in [2.05, 4.69) is 22.2 Å². The lowest BCUT2D eigenvalue weighted by Gasteiger charge is -2.08. The van der Waals surface area contributed by atoms with E-state index < -0.39 is 0 Å². The first kappa shape index (κ1) is 15.0. The molecule has 16 heavy (non-hydrogen) atoms. The number of guanidine groups is 1. The van der Waals surface area contributed by atoms with Crippen LogP contribution in [0.25, 0.3) is 0 Å². The number of hydrogen-bond acceptors (Lipinski definition) is 2. The van der Waals surface area contributed by atoms with Crippen molar-refractivity contribution in [2.24, 2.45) is 4.99 Å². The number of halogens is 1. The first-order valence-corrected chi connectivity index (χ1v) is 5.01. The van der Waals surface area contributed by atoms with E-state index in [4.69, 9.17) is 4.42 Å². The fourth-order valence-electron chi connectivity index (χ4n) is 1.06. The van der Waals surface area contributed by atoms with Gasteiger partial charge in [0.05, 0.1) is 19.1 Å². The molecule has 1 aromatic heterocycles. The first-order chi connectivity index (χ1) is 7.36. The summed E-state index contributed by atoms with van der Waals surface area (Å²) in [5.41, 5.74) is 1.06. The largest absolute Gasteiger partial charge is 0.472 e. The summed E-state index contributed by atoms with van der Waals surface area (Å²) in [5.74, 6) is 0.790. The average Bonchev–Trinajstić information content (AvgIpc) is 2.75. The molecule has 0 radical (unpaired) electrons. The third-order valence-corrected chi connectivity index (χ3v) is 1.76. The number of nitrogens with one attached hydrogen (secondary N) is 2. The zero-order chi connectivity index (χ0) is 10.9. The van der Waals surface area contributed by atoms with Gasteiger partial charge in [-0.3, -0.25) is 0 Å². The summed E-state index contributed by atoms with van der Waals surface area (Å²) in [6.45, 7) is 7.83. The minimum absolute atomic E-state index is 0. The van der Waals surface area contributed by atoms with Gasteiger partial charge in [-0.05, 0) is 13.0 Å². The predicted molar refractivity (Wildman–Crippen MR) is 77.1 cm³/mol. The molecular weight excluding hydrogens is 317 g/mol. The van der Waals surface area contributed by atoms with E-state index in [1.165, 1.54) is 0 Å². The lowest BCUT2D eigenvalue weighted by atomic mass is 10.3. The summed E-state index contributed by atoms with van der Waals surface area (Å²) in [5, 5.41) is 6.26. The van der Waals surface area contributed by atoms with Gasteiger partial charge in [-0.1, -0.05) is 6.08 Å². The van der Waals surface area contributed by atoms with Crippen LogP contribution in [0.15, 0.2) is 40.7 Å². The molecule has 0 atom stereocenters. The monoisotopic (exact) mass is 335 g/mol. The summed E-state index contributed by atoms with van der Waals surface area (Å²) < 4.78 is 4.96. The van der Waals surface area contributed by atoms with Crippen LogP contribution in [-0.4, -0.2) is 19.0 Å². The van der Waals surface area contributed by atoms with Crippen LogP contribution in [-0.2, 0) is 6.54 Å². The molecule has 5 heteroatoms. The fraction of sp³-hybridized carbons (Fsp3) is 0.364. The van der Waals surface area contributed by atoms with Crippen molar-refractivity contribution in [3.63, 3.8) is 0 Å². The van der Waals surface area contributed by atoms with Gasteiger partial charge >= 0.3 is 0 Å². The topological polar surface area (TPSA) is 49.6 Å². The third-order valence-electron chi connectivity index (χ3n) is 1.76. The number of furan rings is 1. The molecule has 0 bridgehead atoms. The van der Waals surface area contributed by atoms with Gasteiger partial charge in [0.25, 0.3) is 0 Å². The van der Waals surface area contributed by atoms with E-state index in [0.717, 1.165) is 18.1 Å². The van der Waals surface area contributed by atoms with Gasteiger partial charge in [0.15, 0.2) is 5.96 Å². The normalized spacial score (nSPS) is 10.4. The van der Waals surface area contributed by atoms with E-state index >= 15 is 0 Å². The Labute approximate surface area is 113 Å². The Balaban J connectivity index is 0.00000225. The molecule has 0 unspecified atom stereocenters. The summed E-state index contributed by atoms with van der Waals surface area (Å²) >= 11 is 0. The third kappa shape index (κ3) is 5.79. The van der Waals surface area contributed by atoms with E-state index in [9.17, 15) is 0 Å². The second kappa shape index (κ2) is 9.26. The average molecular weight is 335 g/mol. The Morgan fingerprint density at radius 1 is 1.56 bits per heavy atom. The van der Waals surface area contributed by atoms with Gasteiger partial charge in [-0.15, -0.1) is 30.6 Å². The van der Waals surface area contributed by atoms with Crippen LogP contribution in [0.1, 0.15) is 12.5 Å². The van der Waals surface area contributed by atoms with Gasteiger partial charge in [0.1, 0.15) is 0 Å². The van der Waals surface area contributed by atoms with E-state index in [1.54, 1.807) is 18.6 Å². The lowest BCUT2D eigenvalue weighted by Crippen LogP contribution is -2.37. The van der Waals surface area contributed by atoms with Crippen LogP contribution in [0.4, 0.5) is 0 Å². The van der Waals surface area contributed by atoms with Gasteiger partial charge < -0.3 is 15.1 Å². The van der Waals surface area contributed by atoms with Crippen LogP contribution in [0, 0.1) is 0 Å². The first-order valence-electron chi connectivity index (χ1n) is 5.01. The molecule has 4 nitrogen and oxygen atoms in total. The highest BCUT2D eigenvalue weighted by atomic mass is 127. The molecular formula is C11H18IN3O. The maximum atomic E-state index is 4.96. The highest BCUT2D eigenvalue weighted by Crippen LogP contribution is 2.00. The fourth-order valence-corrected chi connectivity index (χ4v) is 1.06. The van der Waals surface area contributed by atoms with Crippen molar-refractivity contribution >= 4 is 29.9 Å².